The second kappa shape index (κ2) is 7.88. The first kappa shape index (κ1) is 17.2. The number of rotatable bonds is 5. The van der Waals surface area contributed by atoms with Gasteiger partial charge >= 0.3 is 6.03 Å². The largest absolute Gasteiger partial charge is 0.492 e. The Balaban J connectivity index is 1.80. The molecule has 0 atom stereocenters. The second-order valence-corrected chi connectivity index (χ2v) is 5.89. The molecule has 122 valence electrons. The number of hydrogen-bond acceptors (Lipinski definition) is 2. The van der Waals surface area contributed by atoms with Gasteiger partial charge in [-0.25, -0.2) is 4.79 Å². The Hall–Kier alpha value is -2.20. The van der Waals surface area contributed by atoms with Crippen molar-refractivity contribution in [3.63, 3.8) is 0 Å². The van der Waals surface area contributed by atoms with Gasteiger partial charge in [0.1, 0.15) is 12.4 Å². The van der Waals surface area contributed by atoms with E-state index in [9.17, 15) is 4.79 Å². The van der Waals surface area contributed by atoms with Crippen LogP contribution in [0.5, 0.6) is 5.75 Å². The molecule has 0 bridgehead atoms. The van der Waals surface area contributed by atoms with Crippen molar-refractivity contribution in [2.75, 3.05) is 18.5 Å². The van der Waals surface area contributed by atoms with Gasteiger partial charge in [-0.3, -0.25) is 0 Å². The fourth-order valence-corrected chi connectivity index (χ4v) is 2.64. The summed E-state index contributed by atoms with van der Waals surface area (Å²) in [6.07, 6.45) is 0. The molecule has 2 N–H and O–H groups in total. The topological polar surface area (TPSA) is 50.4 Å². The summed E-state index contributed by atoms with van der Waals surface area (Å²) in [5.74, 6) is 0.796. The van der Waals surface area contributed by atoms with Gasteiger partial charge in [0, 0.05) is 0 Å². The summed E-state index contributed by atoms with van der Waals surface area (Å²) in [6.45, 7) is 6.69. The highest BCUT2D eigenvalue weighted by molar-refractivity contribution is 6.34. The number of benzene rings is 2. The molecule has 0 aromatic heterocycles. The molecule has 0 aliphatic carbocycles. The highest BCUT2D eigenvalue weighted by Gasteiger charge is 2.09. The fourth-order valence-electron chi connectivity index (χ4n) is 2.27. The molecule has 0 aliphatic rings. The van der Waals surface area contributed by atoms with E-state index in [4.69, 9.17) is 16.3 Å². The molecule has 0 saturated heterocycles. The van der Waals surface area contributed by atoms with Crippen LogP contribution in [-0.4, -0.2) is 19.2 Å². The van der Waals surface area contributed by atoms with Crippen LogP contribution in [0.15, 0.2) is 36.4 Å². The van der Waals surface area contributed by atoms with Crippen molar-refractivity contribution < 1.29 is 9.53 Å². The zero-order chi connectivity index (χ0) is 16.8. The third kappa shape index (κ3) is 5.18. The van der Waals surface area contributed by atoms with Crippen molar-refractivity contribution in [3.05, 3.63) is 58.1 Å². The summed E-state index contributed by atoms with van der Waals surface area (Å²) in [4.78, 5) is 11.9. The van der Waals surface area contributed by atoms with Gasteiger partial charge in [-0.15, -0.1) is 0 Å². The summed E-state index contributed by atoms with van der Waals surface area (Å²) >= 11 is 6.17. The van der Waals surface area contributed by atoms with Crippen LogP contribution in [0.25, 0.3) is 0 Å². The van der Waals surface area contributed by atoms with Gasteiger partial charge in [-0.1, -0.05) is 29.8 Å². The minimum absolute atomic E-state index is 0.299. The fraction of sp³-hybridized carbons (Fsp3) is 0.278. The average Bonchev–Trinajstić information content (AvgIpc) is 2.47. The molecule has 0 unspecified atom stereocenters. The third-order valence-corrected chi connectivity index (χ3v) is 3.61. The number of ether oxygens (including phenoxy) is 1. The number of carbonyl (C=O) groups excluding carboxylic acids is 1. The van der Waals surface area contributed by atoms with Gasteiger partial charge in [-0.2, -0.15) is 0 Å². The van der Waals surface area contributed by atoms with E-state index in [1.807, 2.05) is 57.2 Å². The molecule has 0 spiro atoms. The van der Waals surface area contributed by atoms with Crippen LogP contribution in [-0.2, 0) is 0 Å². The number of carbonyl (C=O) groups is 1. The first-order valence-corrected chi connectivity index (χ1v) is 7.84. The molecule has 0 radical (unpaired) electrons. The summed E-state index contributed by atoms with van der Waals surface area (Å²) in [5, 5.41) is 6.06. The molecule has 0 fully saturated rings. The lowest BCUT2D eigenvalue weighted by atomic mass is 10.1. The number of aryl methyl sites for hydroxylation is 3. The summed E-state index contributed by atoms with van der Waals surface area (Å²) in [6, 6.07) is 11.3. The lowest BCUT2D eigenvalue weighted by Crippen LogP contribution is -2.32. The van der Waals surface area contributed by atoms with Crippen molar-refractivity contribution >= 4 is 23.3 Å². The molecule has 5 heteroatoms. The minimum atomic E-state index is -0.299. The number of nitrogens with one attached hydrogen (secondary N) is 2. The van der Waals surface area contributed by atoms with E-state index in [2.05, 4.69) is 10.6 Å². The quantitative estimate of drug-likeness (QED) is 0.794. The van der Waals surface area contributed by atoms with Crippen LogP contribution in [0.4, 0.5) is 10.5 Å². The molecule has 0 heterocycles. The van der Waals surface area contributed by atoms with Crippen molar-refractivity contribution in [1.29, 1.82) is 0 Å². The zero-order valence-electron chi connectivity index (χ0n) is 13.6. The minimum Gasteiger partial charge on any atom is -0.492 e. The van der Waals surface area contributed by atoms with E-state index in [0.29, 0.717) is 23.9 Å². The highest BCUT2D eigenvalue weighted by Crippen LogP contribution is 2.27. The van der Waals surface area contributed by atoms with Crippen molar-refractivity contribution in [1.82, 2.24) is 5.32 Å². The highest BCUT2D eigenvalue weighted by atomic mass is 35.5. The smallest absolute Gasteiger partial charge is 0.319 e. The van der Waals surface area contributed by atoms with Gasteiger partial charge in [-0.05, 0) is 55.7 Å². The van der Waals surface area contributed by atoms with Crippen LogP contribution < -0.4 is 15.4 Å². The van der Waals surface area contributed by atoms with Gasteiger partial charge in [0.05, 0.1) is 17.3 Å². The van der Waals surface area contributed by atoms with Crippen molar-refractivity contribution in [3.8, 4) is 5.75 Å². The number of amides is 2. The Morgan fingerprint density at radius 3 is 2.61 bits per heavy atom. The Morgan fingerprint density at radius 2 is 1.91 bits per heavy atom. The zero-order valence-corrected chi connectivity index (χ0v) is 14.3. The van der Waals surface area contributed by atoms with Gasteiger partial charge < -0.3 is 15.4 Å². The summed E-state index contributed by atoms with van der Waals surface area (Å²) in [7, 11) is 0. The van der Waals surface area contributed by atoms with Crippen LogP contribution in [0.1, 0.15) is 16.7 Å². The maximum absolute atomic E-state index is 11.9. The number of halogens is 1. The van der Waals surface area contributed by atoms with Crippen LogP contribution >= 0.6 is 11.6 Å². The van der Waals surface area contributed by atoms with Gasteiger partial charge in [0.25, 0.3) is 0 Å². The number of hydrogen-bond donors (Lipinski definition) is 2. The van der Waals surface area contributed by atoms with E-state index < -0.39 is 0 Å². The van der Waals surface area contributed by atoms with Crippen LogP contribution in [0, 0.1) is 20.8 Å². The molecular weight excluding hydrogens is 312 g/mol. The monoisotopic (exact) mass is 332 g/mol. The van der Waals surface area contributed by atoms with Crippen LogP contribution in [0.3, 0.4) is 0 Å². The molecule has 2 aromatic rings. The Bertz CT molecular complexity index is 678. The Kier molecular flexibility index (Phi) is 5.88. The van der Waals surface area contributed by atoms with Crippen molar-refractivity contribution in [2.45, 2.75) is 20.8 Å². The average molecular weight is 333 g/mol. The molecule has 4 nitrogen and oxygen atoms in total. The predicted molar refractivity (Wildman–Crippen MR) is 94.6 cm³/mol. The summed E-state index contributed by atoms with van der Waals surface area (Å²) < 4.78 is 5.58. The molecule has 2 amide bonds. The first-order chi connectivity index (χ1) is 11.0. The maximum atomic E-state index is 11.9. The standard InChI is InChI=1S/C18H21ClN2O2/c1-12-5-4-6-15(10-12)23-8-7-20-18(22)21-17-14(3)9-13(2)11-16(17)19/h4-6,9-11H,7-8H2,1-3H3,(H2,20,21,22). The molecule has 23 heavy (non-hydrogen) atoms. The predicted octanol–water partition coefficient (Wildman–Crippen LogP) is 4.47. The second-order valence-electron chi connectivity index (χ2n) is 5.48. The molecular formula is C18H21ClN2O2. The molecule has 2 aromatic carbocycles. The van der Waals surface area contributed by atoms with E-state index in [1.165, 1.54) is 0 Å². The van der Waals surface area contributed by atoms with Gasteiger partial charge in [0.15, 0.2) is 0 Å². The third-order valence-electron chi connectivity index (χ3n) is 3.32. The van der Waals surface area contributed by atoms with E-state index in [-0.39, 0.29) is 6.03 Å². The molecule has 2 rings (SSSR count). The van der Waals surface area contributed by atoms with E-state index >= 15 is 0 Å². The van der Waals surface area contributed by atoms with Crippen LogP contribution in [0.2, 0.25) is 5.02 Å². The normalized spacial score (nSPS) is 10.3. The molecule has 0 saturated carbocycles. The lowest BCUT2D eigenvalue weighted by Gasteiger charge is -2.13. The maximum Gasteiger partial charge on any atom is 0.319 e. The number of urea groups is 1. The van der Waals surface area contributed by atoms with Gasteiger partial charge in [0.2, 0.25) is 0 Å². The number of anilines is 1. The summed E-state index contributed by atoms with van der Waals surface area (Å²) in [5.41, 5.74) is 3.76. The lowest BCUT2D eigenvalue weighted by molar-refractivity contribution is 0.247. The Labute approximate surface area is 141 Å². The SMILES string of the molecule is Cc1cccc(OCCNC(=O)Nc2c(C)cc(C)cc2Cl)c1. The first-order valence-electron chi connectivity index (χ1n) is 7.47. The van der Waals surface area contributed by atoms with E-state index in [1.54, 1.807) is 0 Å². The van der Waals surface area contributed by atoms with Crippen molar-refractivity contribution in [2.24, 2.45) is 0 Å². The molecule has 0 aliphatic heterocycles. The van der Waals surface area contributed by atoms with E-state index in [0.717, 1.165) is 22.4 Å². The Morgan fingerprint density at radius 1 is 1.13 bits per heavy atom.